The average molecular weight is 591 g/mol. The molecule has 45 heavy (non-hydrogen) atoms. The van der Waals surface area contributed by atoms with Crippen molar-refractivity contribution < 1.29 is 0 Å². The Morgan fingerprint density at radius 2 is 1.22 bits per heavy atom. The number of hydrogen-bond donors (Lipinski definition) is 4. The molecule has 4 N–H and O–H groups in total. The fraction of sp³-hybridized carbons (Fsp3) is 0.108. The topological polar surface area (TPSA) is 126 Å². The normalized spacial score (nSPS) is 11.3. The van der Waals surface area contributed by atoms with Crippen molar-refractivity contribution in [1.82, 2.24) is 25.0 Å². The second-order valence-electron chi connectivity index (χ2n) is 11.4. The molecule has 3 heterocycles. The van der Waals surface area contributed by atoms with Crippen LogP contribution in [0.25, 0.3) is 33.4 Å². The summed E-state index contributed by atoms with van der Waals surface area (Å²) in [5.74, 6) is -0.750. The molecule has 0 atom stereocenters. The molecule has 0 aliphatic rings. The first-order valence-corrected chi connectivity index (χ1v) is 14.7. The largest absolute Gasteiger partial charge is 0.343 e. The molecule has 0 saturated carbocycles. The number of hydrogen-bond acceptors (Lipinski definition) is 3. The molecule has 0 amide bonds. The van der Waals surface area contributed by atoms with E-state index in [1.165, 1.54) is 0 Å². The summed E-state index contributed by atoms with van der Waals surface area (Å²) in [6, 6.07) is 33.7. The van der Waals surface area contributed by atoms with Crippen LogP contribution in [-0.2, 0) is 6.54 Å². The van der Waals surface area contributed by atoms with Crippen LogP contribution in [0.1, 0.15) is 44.9 Å². The van der Waals surface area contributed by atoms with Crippen LogP contribution in [0.3, 0.4) is 0 Å². The molecule has 0 aliphatic heterocycles. The van der Waals surface area contributed by atoms with Gasteiger partial charge in [-0.1, -0.05) is 96.1 Å². The number of aromatic amines is 4. The number of fused-ring (bicyclic) bond motifs is 1. The molecule has 0 aliphatic carbocycles. The summed E-state index contributed by atoms with van der Waals surface area (Å²) in [5.41, 5.74) is 8.56. The quantitative estimate of drug-likeness (QED) is 0.165. The van der Waals surface area contributed by atoms with E-state index in [4.69, 9.17) is 0 Å². The fourth-order valence-corrected chi connectivity index (χ4v) is 6.22. The predicted molar refractivity (Wildman–Crippen MR) is 176 cm³/mol. The van der Waals surface area contributed by atoms with Crippen LogP contribution in [0, 0.1) is 25.2 Å². The van der Waals surface area contributed by atoms with Crippen molar-refractivity contribution in [1.29, 1.82) is 5.26 Å². The molecular weight excluding hydrogens is 560 g/mol. The van der Waals surface area contributed by atoms with Gasteiger partial charge in [-0.05, 0) is 48.2 Å². The number of nitrogens with zero attached hydrogens (tertiary/aromatic N) is 2. The first-order valence-electron chi connectivity index (χ1n) is 14.7. The second kappa shape index (κ2) is 11.2. The van der Waals surface area contributed by atoms with Gasteiger partial charge in [0.05, 0.1) is 40.1 Å². The molecular formula is C37H30N6O2. The van der Waals surface area contributed by atoms with Crippen molar-refractivity contribution in [3.05, 3.63) is 163 Å². The number of aryl methyl sites for hydroxylation is 2. The Balaban J connectivity index is 1.52. The van der Waals surface area contributed by atoms with Crippen LogP contribution in [-0.4, -0.2) is 25.0 Å². The highest BCUT2D eigenvalue weighted by Gasteiger charge is 2.33. The highest BCUT2D eigenvalue weighted by Crippen LogP contribution is 2.41. The minimum atomic E-state index is -0.750. The summed E-state index contributed by atoms with van der Waals surface area (Å²) in [7, 11) is 0. The van der Waals surface area contributed by atoms with E-state index in [9.17, 15) is 14.9 Å². The number of nitrogens with one attached hydrogen (secondary N) is 4. The molecule has 4 aromatic carbocycles. The van der Waals surface area contributed by atoms with Gasteiger partial charge in [0.1, 0.15) is 0 Å². The van der Waals surface area contributed by atoms with Crippen molar-refractivity contribution in [2.24, 2.45) is 0 Å². The molecule has 0 unspecified atom stereocenters. The van der Waals surface area contributed by atoms with Gasteiger partial charge in [-0.15, -0.1) is 0 Å². The van der Waals surface area contributed by atoms with Crippen LogP contribution < -0.4 is 11.1 Å². The summed E-state index contributed by atoms with van der Waals surface area (Å²) < 4.78 is 2.09. The lowest BCUT2D eigenvalue weighted by Crippen LogP contribution is -2.20. The van der Waals surface area contributed by atoms with E-state index in [1.54, 1.807) is 0 Å². The van der Waals surface area contributed by atoms with Crippen LogP contribution in [0.4, 0.5) is 0 Å². The molecule has 0 bridgehead atoms. The second-order valence-corrected chi connectivity index (χ2v) is 11.4. The predicted octanol–water partition coefficient (Wildman–Crippen LogP) is 6.73. The van der Waals surface area contributed by atoms with Crippen LogP contribution in [0.15, 0.2) is 113 Å². The third kappa shape index (κ3) is 4.90. The van der Waals surface area contributed by atoms with Gasteiger partial charge >= 0.3 is 0 Å². The Hall–Kier alpha value is -6.07. The minimum Gasteiger partial charge on any atom is -0.343 e. The maximum Gasteiger partial charge on any atom is 0.268 e. The summed E-state index contributed by atoms with van der Waals surface area (Å²) in [6.45, 7) is 4.47. The third-order valence-electron chi connectivity index (χ3n) is 8.50. The fourth-order valence-electron chi connectivity index (χ4n) is 6.22. The molecule has 7 aromatic rings. The van der Waals surface area contributed by atoms with Gasteiger partial charge in [0, 0.05) is 23.6 Å². The molecule has 7 rings (SSSR count). The van der Waals surface area contributed by atoms with Gasteiger partial charge in [0.25, 0.3) is 11.1 Å². The van der Waals surface area contributed by atoms with Gasteiger partial charge in [0.15, 0.2) is 0 Å². The lowest BCUT2D eigenvalue weighted by Gasteiger charge is -2.17. The number of aromatic nitrogens is 5. The molecule has 0 saturated heterocycles. The van der Waals surface area contributed by atoms with E-state index in [2.05, 4.69) is 31.0 Å². The van der Waals surface area contributed by atoms with Gasteiger partial charge in [-0.25, -0.2) is 0 Å². The maximum absolute atomic E-state index is 13.9. The number of benzene rings is 4. The first-order chi connectivity index (χ1) is 21.9. The highest BCUT2D eigenvalue weighted by molar-refractivity contribution is 5.87. The maximum atomic E-state index is 13.9. The lowest BCUT2D eigenvalue weighted by molar-refractivity contribution is 0.822. The summed E-state index contributed by atoms with van der Waals surface area (Å²) >= 11 is 0. The van der Waals surface area contributed by atoms with Crippen molar-refractivity contribution in [3.63, 3.8) is 0 Å². The van der Waals surface area contributed by atoms with Crippen molar-refractivity contribution in [2.75, 3.05) is 0 Å². The molecule has 3 aromatic heterocycles. The van der Waals surface area contributed by atoms with Crippen LogP contribution >= 0.6 is 0 Å². The SMILES string of the molecule is Cc1ccc(-c2[nH][nH]c(=O)c2C(c2c(-c3ccc(C)cc3)[nH][nH]c2=O)c2cn(Cc3ccccc3C#N)c3ccccc23)cc1. The number of nitriles is 1. The van der Waals surface area contributed by atoms with Crippen LogP contribution in [0.5, 0.6) is 0 Å². The number of H-pyrrole nitrogens is 4. The average Bonchev–Trinajstić information content (AvgIpc) is 3.74. The first kappa shape index (κ1) is 27.7. The number of para-hydroxylation sites is 1. The van der Waals surface area contributed by atoms with E-state index in [1.807, 2.05) is 117 Å². The lowest BCUT2D eigenvalue weighted by atomic mass is 9.83. The molecule has 8 nitrogen and oxygen atoms in total. The standard InChI is InChI=1S/C37H30N6O2/c1-22-11-15-24(16-12-22)34-32(36(44)41-39-34)31(33-35(40-42-37(33)45)25-17-13-23(2)14-18-25)29-21-43(30-10-6-5-9-28(29)30)20-27-8-4-3-7-26(27)19-38/h3-18,21,31H,20H2,1-2H3,(H2,39,41,44)(H2,40,42,45). The summed E-state index contributed by atoms with van der Waals surface area (Å²) in [5, 5.41) is 22.5. The zero-order valence-electron chi connectivity index (χ0n) is 24.8. The molecule has 8 heteroatoms. The Kier molecular flexibility index (Phi) is 6.91. The zero-order chi connectivity index (χ0) is 31.1. The smallest absolute Gasteiger partial charge is 0.268 e. The van der Waals surface area contributed by atoms with Gasteiger partial charge < -0.3 is 4.57 Å². The van der Waals surface area contributed by atoms with Gasteiger partial charge in [-0.2, -0.15) is 5.26 Å². The summed E-state index contributed by atoms with van der Waals surface area (Å²) in [4.78, 5) is 27.7. The van der Waals surface area contributed by atoms with Crippen LogP contribution in [0.2, 0.25) is 0 Å². The van der Waals surface area contributed by atoms with E-state index < -0.39 is 5.92 Å². The Labute approximate surface area is 258 Å². The van der Waals surface area contributed by atoms with Gasteiger partial charge in [-0.3, -0.25) is 30.0 Å². The van der Waals surface area contributed by atoms with E-state index in [0.717, 1.165) is 44.3 Å². The zero-order valence-corrected chi connectivity index (χ0v) is 24.8. The third-order valence-corrected chi connectivity index (χ3v) is 8.50. The highest BCUT2D eigenvalue weighted by atomic mass is 16.1. The Morgan fingerprint density at radius 3 is 1.80 bits per heavy atom. The molecule has 0 radical (unpaired) electrons. The van der Waals surface area contributed by atoms with Crippen molar-refractivity contribution >= 4 is 10.9 Å². The van der Waals surface area contributed by atoms with Crippen molar-refractivity contribution in [2.45, 2.75) is 26.3 Å². The number of rotatable bonds is 7. The van der Waals surface area contributed by atoms with Gasteiger partial charge in [0.2, 0.25) is 0 Å². The molecule has 0 fully saturated rings. The minimum absolute atomic E-state index is 0.308. The van der Waals surface area contributed by atoms with Crippen molar-refractivity contribution in [3.8, 4) is 28.6 Å². The molecule has 0 spiro atoms. The van der Waals surface area contributed by atoms with E-state index >= 15 is 0 Å². The van der Waals surface area contributed by atoms with E-state index in [-0.39, 0.29) is 11.1 Å². The summed E-state index contributed by atoms with van der Waals surface area (Å²) in [6.07, 6.45) is 2.01. The van der Waals surface area contributed by atoms with E-state index in [0.29, 0.717) is 34.6 Å². The monoisotopic (exact) mass is 590 g/mol. The molecule has 220 valence electrons. The Morgan fingerprint density at radius 1 is 0.689 bits per heavy atom. The Bertz CT molecular complexity index is 2220.